The number of carbonyl (C=O) groups is 1. The highest BCUT2D eigenvalue weighted by molar-refractivity contribution is 14.1. The maximum atomic E-state index is 12.9. The zero-order valence-corrected chi connectivity index (χ0v) is 18.5. The van der Waals surface area contributed by atoms with Crippen molar-refractivity contribution >= 4 is 34.2 Å². The van der Waals surface area contributed by atoms with Crippen LogP contribution in [0.1, 0.15) is 31.2 Å². The molecule has 29 heavy (non-hydrogen) atoms. The van der Waals surface area contributed by atoms with Crippen molar-refractivity contribution in [1.82, 2.24) is 0 Å². The lowest BCUT2D eigenvalue weighted by atomic mass is 9.80. The molecular formula is C23H26INO4. The molecule has 1 aliphatic heterocycles. The van der Waals surface area contributed by atoms with Crippen molar-refractivity contribution in [3.63, 3.8) is 0 Å². The lowest BCUT2D eigenvalue weighted by Crippen LogP contribution is -2.37. The predicted octanol–water partition coefficient (Wildman–Crippen LogP) is 4.68. The van der Waals surface area contributed by atoms with E-state index in [0.717, 1.165) is 15.6 Å². The van der Waals surface area contributed by atoms with Crippen LogP contribution in [0, 0.1) is 9.49 Å². The van der Waals surface area contributed by atoms with Crippen LogP contribution in [0.5, 0.6) is 0 Å². The number of allylic oxidation sites excluding steroid dienone is 1. The van der Waals surface area contributed by atoms with Crippen molar-refractivity contribution in [3.8, 4) is 0 Å². The number of nitrogens with one attached hydrogen (secondary N) is 1. The smallest absolute Gasteiger partial charge is 0.290 e. The van der Waals surface area contributed by atoms with E-state index in [1.807, 2.05) is 43.3 Å². The quantitative estimate of drug-likeness (QED) is 0.510. The molecule has 0 fully saturated rings. The first kappa shape index (κ1) is 21.8. The number of ether oxygens (including phenoxy) is 2. The predicted molar refractivity (Wildman–Crippen MR) is 121 cm³/mol. The highest BCUT2D eigenvalue weighted by atomic mass is 127. The van der Waals surface area contributed by atoms with Gasteiger partial charge in [-0.25, -0.2) is 0 Å². The van der Waals surface area contributed by atoms with Crippen LogP contribution in [-0.2, 0) is 14.3 Å². The second-order valence-corrected chi connectivity index (χ2v) is 8.15. The van der Waals surface area contributed by atoms with Gasteiger partial charge in [0.15, 0.2) is 5.76 Å². The molecule has 2 N–H and O–H groups in total. The normalized spacial score (nSPS) is 21.2. The SMILES string of the molecule is CCO[C@@H]1OC(C(=O)Nc2ccccc2)=C[C@H](c2ccc(I)cc2)[C@H]1CCCO. The Kier molecular flexibility index (Phi) is 8.09. The number of hydrogen-bond donors (Lipinski definition) is 2. The fourth-order valence-electron chi connectivity index (χ4n) is 3.54. The van der Waals surface area contributed by atoms with E-state index in [9.17, 15) is 9.90 Å². The largest absolute Gasteiger partial charge is 0.459 e. The molecule has 0 spiro atoms. The summed E-state index contributed by atoms with van der Waals surface area (Å²) in [6, 6.07) is 17.6. The number of rotatable bonds is 8. The van der Waals surface area contributed by atoms with Crippen LogP contribution in [0.2, 0.25) is 0 Å². The van der Waals surface area contributed by atoms with Crippen LogP contribution < -0.4 is 5.32 Å². The van der Waals surface area contributed by atoms with Gasteiger partial charge in [-0.2, -0.15) is 0 Å². The third-order valence-electron chi connectivity index (χ3n) is 4.92. The maximum absolute atomic E-state index is 12.9. The van der Waals surface area contributed by atoms with Gasteiger partial charge in [-0.05, 0) is 78.3 Å². The molecular weight excluding hydrogens is 481 g/mol. The minimum atomic E-state index is -0.544. The first-order chi connectivity index (χ1) is 14.1. The third-order valence-corrected chi connectivity index (χ3v) is 5.64. The molecule has 0 radical (unpaired) electrons. The number of anilines is 1. The Labute approximate surface area is 185 Å². The Morgan fingerprint density at radius 1 is 1.17 bits per heavy atom. The van der Waals surface area contributed by atoms with E-state index < -0.39 is 6.29 Å². The van der Waals surface area contributed by atoms with E-state index in [2.05, 4.69) is 52.2 Å². The van der Waals surface area contributed by atoms with Crippen LogP contribution >= 0.6 is 22.6 Å². The van der Waals surface area contributed by atoms with Gasteiger partial charge < -0.3 is 19.9 Å². The van der Waals surface area contributed by atoms with Gasteiger partial charge in [0.1, 0.15) is 0 Å². The fourth-order valence-corrected chi connectivity index (χ4v) is 3.90. The van der Waals surface area contributed by atoms with Crippen molar-refractivity contribution in [2.45, 2.75) is 32.0 Å². The van der Waals surface area contributed by atoms with E-state index in [0.29, 0.717) is 18.7 Å². The molecule has 0 aromatic heterocycles. The zero-order valence-electron chi connectivity index (χ0n) is 16.4. The Balaban J connectivity index is 1.92. The summed E-state index contributed by atoms with van der Waals surface area (Å²) in [7, 11) is 0. The Morgan fingerprint density at radius 2 is 1.90 bits per heavy atom. The summed E-state index contributed by atoms with van der Waals surface area (Å²) < 4.78 is 13.0. The van der Waals surface area contributed by atoms with E-state index in [4.69, 9.17) is 9.47 Å². The Morgan fingerprint density at radius 3 is 2.55 bits per heavy atom. The first-order valence-electron chi connectivity index (χ1n) is 9.85. The van der Waals surface area contributed by atoms with Crippen LogP contribution in [-0.4, -0.2) is 30.5 Å². The summed E-state index contributed by atoms with van der Waals surface area (Å²) in [5.74, 6) is -0.0658. The third kappa shape index (κ3) is 5.81. The monoisotopic (exact) mass is 507 g/mol. The molecule has 3 atom stereocenters. The summed E-state index contributed by atoms with van der Waals surface area (Å²) in [6.45, 7) is 2.50. The van der Waals surface area contributed by atoms with Gasteiger partial charge in [-0.15, -0.1) is 0 Å². The van der Waals surface area contributed by atoms with Crippen molar-refractivity contribution in [2.24, 2.45) is 5.92 Å². The number of aliphatic hydroxyl groups excluding tert-OH is 1. The molecule has 154 valence electrons. The van der Waals surface area contributed by atoms with E-state index >= 15 is 0 Å². The summed E-state index contributed by atoms with van der Waals surface area (Å²) in [5.41, 5.74) is 1.81. The molecule has 0 saturated carbocycles. The minimum absolute atomic E-state index is 0.00966. The number of aliphatic hydroxyl groups is 1. The lowest BCUT2D eigenvalue weighted by Gasteiger charge is -2.37. The van der Waals surface area contributed by atoms with Crippen LogP contribution in [0.3, 0.4) is 0 Å². The number of para-hydroxylation sites is 1. The number of hydrogen-bond acceptors (Lipinski definition) is 4. The molecule has 1 heterocycles. The summed E-state index contributed by atoms with van der Waals surface area (Å²) in [4.78, 5) is 12.9. The number of benzene rings is 2. The second kappa shape index (κ2) is 10.8. The standard InChI is InChI=1S/C23H26INO4/c1-2-28-23-19(9-6-14-26)20(16-10-12-17(24)13-11-16)15-21(29-23)22(27)25-18-7-4-3-5-8-18/h3-5,7-8,10-13,15,19-20,23,26H,2,6,9,14H2,1H3,(H,25,27)/t19-,20-,23-/m1/s1. The topological polar surface area (TPSA) is 67.8 Å². The van der Waals surface area contributed by atoms with Crippen molar-refractivity contribution < 1.29 is 19.4 Å². The Bertz CT molecular complexity index is 823. The van der Waals surface area contributed by atoms with Crippen LogP contribution in [0.15, 0.2) is 66.4 Å². The van der Waals surface area contributed by atoms with Gasteiger partial charge in [0, 0.05) is 34.3 Å². The average Bonchev–Trinajstić information content (AvgIpc) is 2.74. The first-order valence-corrected chi connectivity index (χ1v) is 10.9. The van der Waals surface area contributed by atoms with Gasteiger partial charge in [-0.1, -0.05) is 30.3 Å². The summed E-state index contributed by atoms with van der Waals surface area (Å²) in [5, 5.41) is 12.2. The van der Waals surface area contributed by atoms with Crippen molar-refractivity contribution in [3.05, 3.63) is 75.6 Å². The maximum Gasteiger partial charge on any atom is 0.290 e. The van der Waals surface area contributed by atoms with E-state index in [-0.39, 0.29) is 30.1 Å². The van der Waals surface area contributed by atoms with Gasteiger partial charge >= 0.3 is 0 Å². The van der Waals surface area contributed by atoms with Crippen molar-refractivity contribution in [1.29, 1.82) is 0 Å². The molecule has 0 saturated heterocycles. The van der Waals surface area contributed by atoms with Crippen molar-refractivity contribution in [2.75, 3.05) is 18.5 Å². The molecule has 0 bridgehead atoms. The van der Waals surface area contributed by atoms with Crippen LogP contribution in [0.25, 0.3) is 0 Å². The highest BCUT2D eigenvalue weighted by Crippen LogP contribution is 2.39. The number of carbonyl (C=O) groups excluding carboxylic acids is 1. The lowest BCUT2D eigenvalue weighted by molar-refractivity contribution is -0.165. The zero-order chi connectivity index (χ0) is 20.6. The average molecular weight is 507 g/mol. The van der Waals surface area contributed by atoms with Gasteiger partial charge in [-0.3, -0.25) is 4.79 Å². The fraction of sp³-hybridized carbons (Fsp3) is 0.348. The molecule has 2 aromatic carbocycles. The minimum Gasteiger partial charge on any atom is -0.459 e. The molecule has 6 heteroatoms. The molecule has 5 nitrogen and oxygen atoms in total. The van der Waals surface area contributed by atoms with Gasteiger partial charge in [0.25, 0.3) is 5.91 Å². The van der Waals surface area contributed by atoms with Crippen LogP contribution in [0.4, 0.5) is 5.69 Å². The molecule has 1 amide bonds. The summed E-state index contributed by atoms with van der Waals surface area (Å²) >= 11 is 2.28. The molecule has 0 unspecified atom stereocenters. The number of halogens is 1. The van der Waals surface area contributed by atoms with E-state index in [1.54, 1.807) is 0 Å². The second-order valence-electron chi connectivity index (χ2n) is 6.90. The van der Waals surface area contributed by atoms with E-state index in [1.165, 1.54) is 0 Å². The Hall–Kier alpha value is -1.90. The van der Waals surface area contributed by atoms with Gasteiger partial charge in [0.2, 0.25) is 6.29 Å². The molecule has 0 aliphatic carbocycles. The highest BCUT2D eigenvalue weighted by Gasteiger charge is 2.37. The number of amides is 1. The summed E-state index contributed by atoms with van der Waals surface area (Å²) in [6.07, 6.45) is 2.73. The van der Waals surface area contributed by atoms with Gasteiger partial charge in [0.05, 0.1) is 0 Å². The molecule has 2 aromatic rings. The molecule has 3 rings (SSSR count). The molecule has 1 aliphatic rings.